The van der Waals surface area contributed by atoms with Crippen LogP contribution in [0.4, 0.5) is 0 Å². The zero-order valence-corrected chi connectivity index (χ0v) is 9.99. The summed E-state index contributed by atoms with van der Waals surface area (Å²) in [4.78, 5) is 25.1. The van der Waals surface area contributed by atoms with Crippen molar-refractivity contribution in [3.63, 3.8) is 0 Å². The number of aromatic amines is 1. The Hall–Kier alpha value is -1.83. The van der Waals surface area contributed by atoms with Gasteiger partial charge in [0.15, 0.2) is 0 Å². The summed E-state index contributed by atoms with van der Waals surface area (Å²) in [6.07, 6.45) is 3.56. The van der Waals surface area contributed by atoms with E-state index in [-0.39, 0.29) is 11.0 Å². The third-order valence-electron chi connectivity index (χ3n) is 3.73. The van der Waals surface area contributed by atoms with E-state index in [1.165, 1.54) is 10.8 Å². The maximum Gasteiger partial charge on any atom is 0.328 e. The fraction of sp³-hybridized carbons (Fsp3) is 0.583. The summed E-state index contributed by atoms with van der Waals surface area (Å²) in [6, 6.07) is 1.79. The molecule has 1 saturated carbocycles. The first-order chi connectivity index (χ1) is 7.98. The molecule has 17 heavy (non-hydrogen) atoms. The van der Waals surface area contributed by atoms with Gasteiger partial charge in [0.05, 0.1) is 0 Å². The average Bonchev–Trinajstić information content (AvgIpc) is 3.03. The molecule has 0 atom stereocenters. The number of aromatic nitrogens is 2. The van der Waals surface area contributed by atoms with Crippen LogP contribution in [0.2, 0.25) is 0 Å². The summed E-state index contributed by atoms with van der Waals surface area (Å²) < 4.78 is 1.45. The second kappa shape index (κ2) is 3.88. The molecule has 0 radical (unpaired) electrons. The Bertz CT molecular complexity index is 585. The molecule has 0 unspecified atom stereocenters. The third kappa shape index (κ3) is 2.03. The molecule has 1 aromatic rings. The summed E-state index contributed by atoms with van der Waals surface area (Å²) in [5.74, 6) is 0.492. The van der Waals surface area contributed by atoms with E-state index >= 15 is 0 Å². The fourth-order valence-electron chi connectivity index (χ4n) is 2.12. The first-order valence-corrected chi connectivity index (χ1v) is 5.72. The van der Waals surface area contributed by atoms with Crippen LogP contribution in [-0.4, -0.2) is 9.55 Å². The molecule has 1 N–H and O–H groups in total. The lowest BCUT2D eigenvalue weighted by molar-refractivity contribution is 0.302. The van der Waals surface area contributed by atoms with Gasteiger partial charge in [0.2, 0.25) is 0 Å². The molecule has 1 aromatic heterocycles. The van der Waals surface area contributed by atoms with Gasteiger partial charge in [-0.2, -0.15) is 5.26 Å². The smallest absolute Gasteiger partial charge is 0.299 e. The molecule has 0 amide bonds. The quantitative estimate of drug-likeness (QED) is 0.840. The van der Waals surface area contributed by atoms with Crippen molar-refractivity contribution in [1.29, 1.82) is 5.26 Å². The monoisotopic (exact) mass is 233 g/mol. The minimum absolute atomic E-state index is 0.0100. The maximum atomic E-state index is 11.6. The molecule has 1 fully saturated rings. The molecule has 2 rings (SSSR count). The van der Waals surface area contributed by atoms with E-state index in [1.807, 2.05) is 0 Å². The van der Waals surface area contributed by atoms with Crippen molar-refractivity contribution >= 4 is 0 Å². The molecule has 0 aliphatic heterocycles. The molecule has 0 aromatic carbocycles. The Morgan fingerprint density at radius 3 is 2.65 bits per heavy atom. The number of nitrogens with one attached hydrogen (secondary N) is 1. The number of nitrogens with zero attached hydrogens (tertiary/aromatic N) is 2. The highest BCUT2D eigenvalue weighted by atomic mass is 16.2. The van der Waals surface area contributed by atoms with Crippen molar-refractivity contribution in [2.45, 2.75) is 33.2 Å². The van der Waals surface area contributed by atoms with Gasteiger partial charge in [-0.05, 0) is 24.2 Å². The van der Waals surface area contributed by atoms with E-state index in [4.69, 9.17) is 5.26 Å². The first kappa shape index (κ1) is 11.6. The zero-order chi connectivity index (χ0) is 12.6. The van der Waals surface area contributed by atoms with E-state index in [2.05, 4.69) is 18.8 Å². The van der Waals surface area contributed by atoms with Crippen LogP contribution in [0.25, 0.3) is 0 Å². The van der Waals surface area contributed by atoms with Crippen LogP contribution >= 0.6 is 0 Å². The molecule has 1 aliphatic carbocycles. The SMILES string of the molecule is CC(C)C1(Cn2cc(C#N)c(=O)[nH]c2=O)CC1. The van der Waals surface area contributed by atoms with Gasteiger partial charge in [0.25, 0.3) is 5.56 Å². The highest BCUT2D eigenvalue weighted by Gasteiger charge is 2.45. The van der Waals surface area contributed by atoms with Crippen molar-refractivity contribution in [3.8, 4) is 6.07 Å². The molecular weight excluding hydrogens is 218 g/mol. The number of rotatable bonds is 3. The van der Waals surface area contributed by atoms with Crippen molar-refractivity contribution in [3.05, 3.63) is 32.6 Å². The van der Waals surface area contributed by atoms with E-state index in [1.54, 1.807) is 6.07 Å². The minimum atomic E-state index is -0.608. The van der Waals surface area contributed by atoms with Crippen LogP contribution in [0.5, 0.6) is 0 Å². The van der Waals surface area contributed by atoms with Crippen molar-refractivity contribution in [2.75, 3.05) is 0 Å². The average molecular weight is 233 g/mol. The summed E-state index contributed by atoms with van der Waals surface area (Å²) in [6.45, 7) is 4.85. The van der Waals surface area contributed by atoms with E-state index in [0.717, 1.165) is 12.8 Å². The zero-order valence-electron chi connectivity index (χ0n) is 9.99. The lowest BCUT2D eigenvalue weighted by Crippen LogP contribution is -2.34. The molecule has 1 heterocycles. The highest BCUT2D eigenvalue weighted by Crippen LogP contribution is 2.52. The molecule has 0 bridgehead atoms. The second-order valence-corrected chi connectivity index (χ2v) is 5.06. The van der Waals surface area contributed by atoms with Crippen molar-refractivity contribution < 1.29 is 0 Å². The maximum absolute atomic E-state index is 11.6. The minimum Gasteiger partial charge on any atom is -0.299 e. The number of hydrogen-bond donors (Lipinski definition) is 1. The Morgan fingerprint density at radius 2 is 2.18 bits per heavy atom. The first-order valence-electron chi connectivity index (χ1n) is 5.72. The van der Waals surface area contributed by atoms with Gasteiger partial charge >= 0.3 is 5.69 Å². The van der Waals surface area contributed by atoms with Crippen LogP contribution in [0, 0.1) is 22.7 Å². The van der Waals surface area contributed by atoms with Crippen molar-refractivity contribution in [2.24, 2.45) is 11.3 Å². The number of H-pyrrole nitrogens is 1. The van der Waals surface area contributed by atoms with Gasteiger partial charge in [-0.15, -0.1) is 0 Å². The van der Waals surface area contributed by atoms with Crippen molar-refractivity contribution in [1.82, 2.24) is 9.55 Å². The van der Waals surface area contributed by atoms with Gasteiger partial charge in [-0.1, -0.05) is 13.8 Å². The predicted molar refractivity (Wildman–Crippen MR) is 62.5 cm³/mol. The molecule has 5 nitrogen and oxygen atoms in total. The normalized spacial score (nSPS) is 16.8. The molecular formula is C12H15N3O2. The summed E-state index contributed by atoms with van der Waals surface area (Å²) in [5, 5.41) is 8.77. The molecule has 5 heteroatoms. The third-order valence-corrected chi connectivity index (χ3v) is 3.73. The second-order valence-electron chi connectivity index (χ2n) is 5.06. The predicted octanol–water partition coefficient (Wildman–Crippen LogP) is 0.844. The van der Waals surface area contributed by atoms with E-state index < -0.39 is 11.2 Å². The Morgan fingerprint density at radius 1 is 1.53 bits per heavy atom. The lowest BCUT2D eigenvalue weighted by atomic mass is 9.92. The molecule has 90 valence electrons. The van der Waals surface area contributed by atoms with Crippen LogP contribution in [0.1, 0.15) is 32.3 Å². The molecule has 0 saturated heterocycles. The standard InChI is InChI=1S/C12H15N3O2/c1-8(2)12(3-4-12)7-15-6-9(5-13)10(16)14-11(15)17/h6,8H,3-4,7H2,1-2H3,(H,14,16,17). The number of nitriles is 1. The van der Waals surface area contributed by atoms with Crippen LogP contribution in [0.15, 0.2) is 15.8 Å². The van der Waals surface area contributed by atoms with Gasteiger partial charge < -0.3 is 0 Å². The van der Waals surface area contributed by atoms with Gasteiger partial charge in [-0.3, -0.25) is 14.3 Å². The van der Waals surface area contributed by atoms with Crippen LogP contribution < -0.4 is 11.2 Å². The van der Waals surface area contributed by atoms with Gasteiger partial charge in [0, 0.05) is 12.7 Å². The Kier molecular flexibility index (Phi) is 2.66. The topological polar surface area (TPSA) is 78.7 Å². The van der Waals surface area contributed by atoms with E-state index in [0.29, 0.717) is 12.5 Å². The summed E-state index contributed by atoms with van der Waals surface area (Å²) in [7, 11) is 0. The largest absolute Gasteiger partial charge is 0.328 e. The van der Waals surface area contributed by atoms with E-state index in [9.17, 15) is 9.59 Å². The molecule has 1 aliphatic rings. The lowest BCUT2D eigenvalue weighted by Gasteiger charge is -2.20. The number of hydrogen-bond acceptors (Lipinski definition) is 3. The Balaban J connectivity index is 2.38. The fourth-order valence-corrected chi connectivity index (χ4v) is 2.12. The Labute approximate surface area is 98.7 Å². The van der Waals surface area contributed by atoms with Crippen LogP contribution in [-0.2, 0) is 6.54 Å². The molecule has 0 spiro atoms. The van der Waals surface area contributed by atoms with Gasteiger partial charge in [-0.25, -0.2) is 4.79 Å². The van der Waals surface area contributed by atoms with Gasteiger partial charge in [0.1, 0.15) is 11.6 Å². The highest BCUT2D eigenvalue weighted by molar-refractivity contribution is 5.21. The summed E-state index contributed by atoms with van der Waals surface area (Å²) >= 11 is 0. The summed E-state index contributed by atoms with van der Waals surface area (Å²) in [5.41, 5.74) is -0.886. The van der Waals surface area contributed by atoms with Crippen LogP contribution in [0.3, 0.4) is 0 Å².